The summed E-state index contributed by atoms with van der Waals surface area (Å²) in [6, 6.07) is 103. The molecule has 0 heterocycles. The highest BCUT2D eigenvalue weighted by Crippen LogP contribution is 2.64. The van der Waals surface area contributed by atoms with Crippen molar-refractivity contribution in [1.29, 1.82) is 0 Å². The summed E-state index contributed by atoms with van der Waals surface area (Å²) in [7, 11) is 0. The van der Waals surface area contributed by atoms with Gasteiger partial charge in [-0.3, -0.25) is 0 Å². The van der Waals surface area contributed by atoms with Crippen LogP contribution in [0.2, 0.25) is 0 Å². The molecule has 4 aliphatic rings. The molecule has 4 aliphatic carbocycles. The zero-order valence-electron chi connectivity index (χ0n) is 48.5. The Morgan fingerprint density at radius 3 is 1.18 bits per heavy atom. The summed E-state index contributed by atoms with van der Waals surface area (Å²) < 4.78 is 0. The van der Waals surface area contributed by atoms with Crippen LogP contribution in [0.15, 0.2) is 279 Å². The topological polar surface area (TPSA) is 3.24 Å². The molecule has 1 nitrogen and oxygen atoms in total. The number of benzene rings is 12. The molecule has 400 valence electrons. The largest absolute Gasteiger partial charge is 0.310 e. The molecule has 0 amide bonds. The van der Waals surface area contributed by atoms with Crippen molar-refractivity contribution in [2.24, 2.45) is 0 Å². The molecule has 0 N–H and O–H groups in total. The Balaban J connectivity index is 0.000000171. The lowest BCUT2D eigenvalue weighted by atomic mass is 9.70. The van der Waals surface area contributed by atoms with Crippen LogP contribution in [0.5, 0.6) is 0 Å². The molecular weight excluding hydrogens is 999 g/mol. The van der Waals surface area contributed by atoms with Gasteiger partial charge in [-0.25, -0.2) is 0 Å². The van der Waals surface area contributed by atoms with Crippen molar-refractivity contribution >= 4 is 17.1 Å². The summed E-state index contributed by atoms with van der Waals surface area (Å²) in [5.41, 5.74) is 34.0. The van der Waals surface area contributed by atoms with Crippen LogP contribution in [-0.4, -0.2) is 0 Å². The minimum atomic E-state index is -0.375. The minimum absolute atomic E-state index is 0.114. The van der Waals surface area contributed by atoms with E-state index in [-0.39, 0.29) is 16.2 Å². The summed E-state index contributed by atoms with van der Waals surface area (Å²) in [6.07, 6.45) is 0. The molecule has 16 rings (SSSR count). The van der Waals surface area contributed by atoms with Gasteiger partial charge in [-0.15, -0.1) is 0 Å². The smallest absolute Gasteiger partial charge is 0.0725 e. The Morgan fingerprint density at radius 2 is 0.602 bits per heavy atom. The first-order valence-corrected chi connectivity index (χ1v) is 29.4. The van der Waals surface area contributed by atoms with Gasteiger partial charge in [0.25, 0.3) is 0 Å². The standard InChI is InChI=1S/C53H39N.C16H16.C13H12/c1-34-25-29-48-43(31-34)44-32-36(27-30-49(44)53(48)46-22-12-8-19-40(46)41-20-9-13-23-47(41)53)54(51-24-14-10-17-38(51)35-15-5-4-6-16-35)37-26-28-42-39-18-7-11-21-45(39)52(2,3)50(42)33-37;1-11-8-9-13-12-6-4-5-7-14(12)16(2,3)15(13)10-11;1-11-7-5-6-10-13(11)12-8-3-2-4-9-12/h4-33H,1-3H3;4-10H,1-3H3;2-10H,1H3. The van der Waals surface area contributed by atoms with E-state index in [2.05, 4.69) is 326 Å². The summed E-state index contributed by atoms with van der Waals surface area (Å²) in [4.78, 5) is 2.50. The van der Waals surface area contributed by atoms with Crippen LogP contribution in [0.4, 0.5) is 17.1 Å². The second-order valence-electron chi connectivity index (χ2n) is 24.1. The van der Waals surface area contributed by atoms with Gasteiger partial charge in [0.05, 0.1) is 11.1 Å². The second-order valence-corrected chi connectivity index (χ2v) is 24.1. The third-order valence-corrected chi connectivity index (χ3v) is 18.5. The van der Waals surface area contributed by atoms with Gasteiger partial charge in [0.1, 0.15) is 0 Å². The van der Waals surface area contributed by atoms with Crippen LogP contribution in [0.25, 0.3) is 66.8 Å². The summed E-state index contributed by atoms with van der Waals surface area (Å²) in [5, 5.41) is 0. The Labute approximate surface area is 490 Å². The lowest BCUT2D eigenvalue weighted by Gasteiger charge is -2.32. The van der Waals surface area contributed by atoms with E-state index in [4.69, 9.17) is 0 Å². The van der Waals surface area contributed by atoms with E-state index in [1.807, 2.05) is 6.07 Å². The quantitative estimate of drug-likeness (QED) is 0.166. The fourth-order valence-electron chi connectivity index (χ4n) is 14.5. The summed E-state index contributed by atoms with van der Waals surface area (Å²) in [6.45, 7) is 15.9. The molecule has 0 radical (unpaired) electrons. The Hall–Kier alpha value is -9.56. The zero-order chi connectivity index (χ0) is 56.6. The van der Waals surface area contributed by atoms with E-state index in [0.717, 1.165) is 17.1 Å². The van der Waals surface area contributed by atoms with Crippen molar-refractivity contribution in [1.82, 2.24) is 0 Å². The molecule has 0 atom stereocenters. The fourth-order valence-corrected chi connectivity index (χ4v) is 14.5. The minimum Gasteiger partial charge on any atom is -0.310 e. The van der Waals surface area contributed by atoms with Gasteiger partial charge in [0.15, 0.2) is 0 Å². The van der Waals surface area contributed by atoms with Gasteiger partial charge in [-0.1, -0.05) is 288 Å². The van der Waals surface area contributed by atoms with E-state index in [9.17, 15) is 0 Å². The van der Waals surface area contributed by atoms with E-state index in [1.54, 1.807) is 0 Å². The van der Waals surface area contributed by atoms with E-state index in [1.165, 1.54) is 128 Å². The molecule has 0 bridgehead atoms. The number of rotatable bonds is 5. The van der Waals surface area contributed by atoms with Gasteiger partial charge in [-0.2, -0.15) is 0 Å². The first kappa shape index (κ1) is 51.6. The number of hydrogen-bond donors (Lipinski definition) is 0. The van der Waals surface area contributed by atoms with Crippen LogP contribution < -0.4 is 4.90 Å². The van der Waals surface area contributed by atoms with Crippen LogP contribution in [0, 0.1) is 20.8 Å². The Kier molecular flexibility index (Phi) is 12.5. The summed E-state index contributed by atoms with van der Waals surface area (Å²) in [5.74, 6) is 0. The van der Waals surface area contributed by atoms with Gasteiger partial charge < -0.3 is 4.90 Å². The maximum Gasteiger partial charge on any atom is 0.0725 e. The Morgan fingerprint density at radius 1 is 0.241 bits per heavy atom. The maximum absolute atomic E-state index is 2.50. The van der Waals surface area contributed by atoms with E-state index in [0.29, 0.717) is 0 Å². The van der Waals surface area contributed by atoms with Gasteiger partial charge in [0.2, 0.25) is 0 Å². The normalized spacial score (nSPS) is 14.0. The molecule has 12 aromatic rings. The molecule has 0 unspecified atom stereocenters. The molecule has 0 saturated carbocycles. The average Bonchev–Trinajstić information content (AvgIpc) is 3.11. The molecule has 0 fully saturated rings. The Bertz CT molecular complexity index is 4430. The van der Waals surface area contributed by atoms with Crippen molar-refractivity contribution in [2.45, 2.75) is 64.7 Å². The SMILES string of the molecule is Cc1ccc2c(c1)-c1cc(N(c3ccc4c(c3)C(C)(C)c3ccccc3-4)c3ccccc3-c3ccccc3)ccc1C21c2ccccc2-c2ccccc21.Cc1ccc2c(c1)C(C)(C)c1ccccc1-2.Cc1ccccc1-c1ccccc1. The number of aryl methyl sites for hydroxylation is 3. The molecule has 0 aromatic heterocycles. The highest BCUT2D eigenvalue weighted by atomic mass is 15.1. The predicted octanol–water partition coefficient (Wildman–Crippen LogP) is 21.7. The molecular formula is C82H67N. The number of fused-ring (bicyclic) bond motifs is 16. The van der Waals surface area contributed by atoms with Crippen molar-refractivity contribution < 1.29 is 0 Å². The molecule has 0 aliphatic heterocycles. The first-order valence-electron chi connectivity index (χ1n) is 29.4. The molecule has 1 heteroatoms. The van der Waals surface area contributed by atoms with Gasteiger partial charge in [0, 0.05) is 27.8 Å². The predicted molar refractivity (Wildman–Crippen MR) is 351 cm³/mol. The van der Waals surface area contributed by atoms with E-state index >= 15 is 0 Å². The third-order valence-electron chi connectivity index (χ3n) is 18.5. The third kappa shape index (κ3) is 8.27. The van der Waals surface area contributed by atoms with Crippen molar-refractivity contribution in [3.8, 4) is 66.8 Å². The first-order chi connectivity index (χ1) is 40.4. The van der Waals surface area contributed by atoms with Crippen LogP contribution >= 0.6 is 0 Å². The van der Waals surface area contributed by atoms with E-state index < -0.39 is 0 Å². The van der Waals surface area contributed by atoms with Crippen molar-refractivity contribution in [2.75, 3.05) is 4.90 Å². The number of hydrogen-bond acceptors (Lipinski definition) is 1. The highest BCUT2D eigenvalue weighted by Gasteiger charge is 2.52. The number of nitrogens with zero attached hydrogens (tertiary/aromatic N) is 1. The zero-order valence-corrected chi connectivity index (χ0v) is 48.5. The molecule has 1 spiro atoms. The number of para-hydroxylation sites is 1. The molecule has 12 aromatic carbocycles. The number of anilines is 3. The highest BCUT2D eigenvalue weighted by molar-refractivity contribution is 5.98. The van der Waals surface area contributed by atoms with Crippen LogP contribution in [0.1, 0.15) is 88.9 Å². The summed E-state index contributed by atoms with van der Waals surface area (Å²) >= 11 is 0. The van der Waals surface area contributed by atoms with Crippen LogP contribution in [-0.2, 0) is 16.2 Å². The monoisotopic (exact) mass is 1070 g/mol. The molecule has 0 saturated heterocycles. The fraction of sp³-hybridized carbons (Fsp3) is 0.122. The molecule has 83 heavy (non-hydrogen) atoms. The maximum atomic E-state index is 2.50. The van der Waals surface area contributed by atoms with Gasteiger partial charge >= 0.3 is 0 Å². The lowest BCUT2D eigenvalue weighted by Crippen LogP contribution is -2.25. The van der Waals surface area contributed by atoms with Crippen molar-refractivity contribution in [3.05, 3.63) is 340 Å². The average molecular weight is 1070 g/mol. The second kappa shape index (κ2) is 20.2. The lowest BCUT2D eigenvalue weighted by molar-refractivity contribution is 0.660. The van der Waals surface area contributed by atoms with Crippen LogP contribution in [0.3, 0.4) is 0 Å². The van der Waals surface area contributed by atoms with Crippen molar-refractivity contribution in [3.63, 3.8) is 0 Å². The van der Waals surface area contributed by atoms with Gasteiger partial charge in [-0.05, 0) is 162 Å².